The largest absolute Gasteiger partial charge is 0.214 e. The topological polar surface area (TPSA) is 61.2 Å². The highest BCUT2D eigenvalue weighted by Crippen LogP contribution is 2.08. The van der Waals surface area contributed by atoms with Crippen LogP contribution in [0.4, 0.5) is 0 Å². The van der Waals surface area contributed by atoms with Gasteiger partial charge in [0, 0.05) is 19.5 Å². The van der Waals surface area contributed by atoms with Crippen LogP contribution in [0.15, 0.2) is 0 Å². The average molecular weight is 232 g/mol. The lowest BCUT2D eigenvalue weighted by Crippen LogP contribution is -2.36. The molecule has 0 bridgehead atoms. The second-order valence-electron chi connectivity index (χ2n) is 3.98. The smallest absolute Gasteiger partial charge is 0.212 e. The van der Waals surface area contributed by atoms with Crippen LogP contribution in [-0.2, 0) is 10.0 Å². The Morgan fingerprint density at radius 1 is 1.40 bits per heavy atom. The van der Waals surface area contributed by atoms with Crippen molar-refractivity contribution in [3.63, 3.8) is 0 Å². The zero-order valence-electron chi connectivity index (χ0n) is 9.73. The normalized spacial score (nSPS) is 12.0. The van der Waals surface area contributed by atoms with Crippen LogP contribution in [0.2, 0.25) is 0 Å². The lowest BCUT2D eigenvalue weighted by molar-refractivity contribution is 0.372. The molecule has 88 valence electrons. The fourth-order valence-corrected chi connectivity index (χ4v) is 2.98. The fourth-order valence-electron chi connectivity index (χ4n) is 1.31. The van der Waals surface area contributed by atoms with Crippen LogP contribution in [0, 0.1) is 17.2 Å². The van der Waals surface area contributed by atoms with Crippen LogP contribution in [0.25, 0.3) is 0 Å². The second-order valence-corrected chi connectivity index (χ2v) is 6.06. The Morgan fingerprint density at radius 3 is 2.40 bits per heavy atom. The lowest BCUT2D eigenvalue weighted by atomic mass is 10.2. The first-order chi connectivity index (χ1) is 6.94. The molecule has 0 unspecified atom stereocenters. The standard InChI is InChI=1S/C10H20N2O2S/c1-4-8-15(13,14)12(7-5-6-11)9-10(2)3/h10H,4-5,7-9H2,1-3H3. The Morgan fingerprint density at radius 2 is 2.00 bits per heavy atom. The molecule has 0 rings (SSSR count). The van der Waals surface area contributed by atoms with E-state index in [1.165, 1.54) is 4.31 Å². The molecule has 0 spiro atoms. The van der Waals surface area contributed by atoms with E-state index in [4.69, 9.17) is 5.26 Å². The number of nitrogens with zero attached hydrogens (tertiary/aromatic N) is 2. The third kappa shape index (κ3) is 5.75. The first-order valence-corrected chi connectivity index (χ1v) is 6.89. The van der Waals surface area contributed by atoms with Gasteiger partial charge in [0.1, 0.15) is 0 Å². The minimum absolute atomic E-state index is 0.172. The number of rotatable bonds is 7. The fraction of sp³-hybridized carbons (Fsp3) is 0.900. The summed E-state index contributed by atoms with van der Waals surface area (Å²) in [5.74, 6) is 0.459. The number of hydrogen-bond donors (Lipinski definition) is 0. The molecule has 0 N–H and O–H groups in total. The van der Waals surface area contributed by atoms with Crippen molar-refractivity contribution in [3.8, 4) is 6.07 Å². The van der Waals surface area contributed by atoms with Gasteiger partial charge in [0.25, 0.3) is 0 Å². The molecule has 0 fully saturated rings. The first kappa shape index (κ1) is 14.4. The van der Waals surface area contributed by atoms with Crippen LogP contribution in [0.3, 0.4) is 0 Å². The highest BCUT2D eigenvalue weighted by atomic mass is 32.2. The Bertz CT molecular complexity index is 304. The third-order valence-electron chi connectivity index (χ3n) is 1.90. The molecule has 0 aliphatic heterocycles. The molecule has 0 aromatic carbocycles. The van der Waals surface area contributed by atoms with Gasteiger partial charge in [-0.05, 0) is 12.3 Å². The van der Waals surface area contributed by atoms with E-state index in [1.807, 2.05) is 26.8 Å². The summed E-state index contributed by atoms with van der Waals surface area (Å²) in [6, 6.07) is 1.98. The molecule has 0 aromatic heterocycles. The molecule has 0 amide bonds. The van der Waals surface area contributed by atoms with E-state index >= 15 is 0 Å². The monoisotopic (exact) mass is 232 g/mol. The van der Waals surface area contributed by atoms with Gasteiger partial charge in [0.05, 0.1) is 11.8 Å². The summed E-state index contributed by atoms with van der Waals surface area (Å²) in [7, 11) is -3.16. The third-order valence-corrected chi connectivity index (χ3v) is 3.94. The highest BCUT2D eigenvalue weighted by Gasteiger charge is 2.21. The maximum atomic E-state index is 11.8. The van der Waals surface area contributed by atoms with Crippen molar-refractivity contribution < 1.29 is 8.42 Å². The zero-order valence-corrected chi connectivity index (χ0v) is 10.5. The summed E-state index contributed by atoms with van der Waals surface area (Å²) in [5, 5.41) is 8.47. The van der Waals surface area contributed by atoms with E-state index in [2.05, 4.69) is 0 Å². The molecule has 5 heteroatoms. The highest BCUT2D eigenvalue weighted by molar-refractivity contribution is 7.89. The van der Waals surface area contributed by atoms with Crippen molar-refractivity contribution in [2.75, 3.05) is 18.8 Å². The van der Waals surface area contributed by atoms with Gasteiger partial charge in [-0.25, -0.2) is 12.7 Å². The van der Waals surface area contributed by atoms with Crippen molar-refractivity contribution in [3.05, 3.63) is 0 Å². The van der Waals surface area contributed by atoms with Crippen molar-refractivity contribution >= 4 is 10.0 Å². The van der Waals surface area contributed by atoms with E-state index in [9.17, 15) is 8.42 Å². The average Bonchev–Trinajstić information content (AvgIpc) is 2.11. The van der Waals surface area contributed by atoms with Crippen molar-refractivity contribution in [1.82, 2.24) is 4.31 Å². The molecule has 0 radical (unpaired) electrons. The number of sulfonamides is 1. The molecular weight excluding hydrogens is 212 g/mol. The van der Waals surface area contributed by atoms with Crippen LogP contribution in [-0.4, -0.2) is 31.6 Å². The summed E-state index contributed by atoms with van der Waals surface area (Å²) in [6.45, 7) is 6.61. The van der Waals surface area contributed by atoms with E-state index in [-0.39, 0.29) is 18.1 Å². The van der Waals surface area contributed by atoms with Gasteiger partial charge in [0.2, 0.25) is 10.0 Å². The van der Waals surface area contributed by atoms with Crippen LogP contribution >= 0.6 is 0 Å². The molecule has 4 nitrogen and oxygen atoms in total. The molecule has 0 aliphatic rings. The van der Waals surface area contributed by atoms with Gasteiger partial charge < -0.3 is 0 Å². The van der Waals surface area contributed by atoms with E-state index < -0.39 is 10.0 Å². The molecule has 0 saturated carbocycles. The molecule has 0 aliphatic carbocycles. The lowest BCUT2D eigenvalue weighted by Gasteiger charge is -2.22. The first-order valence-electron chi connectivity index (χ1n) is 5.28. The van der Waals surface area contributed by atoms with Crippen molar-refractivity contribution in [2.24, 2.45) is 5.92 Å². The van der Waals surface area contributed by atoms with Gasteiger partial charge in [0.15, 0.2) is 0 Å². The van der Waals surface area contributed by atoms with Crippen molar-refractivity contribution in [2.45, 2.75) is 33.6 Å². The molecule has 0 heterocycles. The summed E-state index contributed by atoms with van der Waals surface area (Å²) in [5.41, 5.74) is 0. The summed E-state index contributed by atoms with van der Waals surface area (Å²) < 4.78 is 25.0. The van der Waals surface area contributed by atoms with Gasteiger partial charge in [-0.1, -0.05) is 20.8 Å². The van der Waals surface area contributed by atoms with Crippen LogP contribution in [0.5, 0.6) is 0 Å². The van der Waals surface area contributed by atoms with Gasteiger partial charge in [-0.3, -0.25) is 0 Å². The summed E-state index contributed by atoms with van der Waals surface area (Å²) in [6.07, 6.45) is 0.874. The molecule has 15 heavy (non-hydrogen) atoms. The molecule has 0 atom stereocenters. The Kier molecular flexibility index (Phi) is 6.53. The predicted octanol–water partition coefficient (Wildman–Crippen LogP) is 1.60. The quantitative estimate of drug-likeness (QED) is 0.669. The molecular formula is C10H20N2O2S. The molecule has 0 aromatic rings. The van der Waals surface area contributed by atoms with Gasteiger partial charge in [-0.15, -0.1) is 0 Å². The second kappa shape index (κ2) is 6.81. The SMILES string of the molecule is CCCS(=O)(=O)N(CCC#N)CC(C)C. The van der Waals surface area contributed by atoms with Crippen molar-refractivity contribution in [1.29, 1.82) is 5.26 Å². The van der Waals surface area contributed by atoms with Crippen LogP contribution in [0.1, 0.15) is 33.6 Å². The van der Waals surface area contributed by atoms with Crippen LogP contribution < -0.4 is 0 Å². The van der Waals surface area contributed by atoms with Gasteiger partial charge >= 0.3 is 0 Å². The maximum absolute atomic E-state index is 11.8. The maximum Gasteiger partial charge on any atom is 0.214 e. The van der Waals surface area contributed by atoms with E-state index in [0.29, 0.717) is 19.5 Å². The minimum atomic E-state index is -3.16. The Labute approximate surface area is 92.9 Å². The van der Waals surface area contributed by atoms with E-state index in [1.54, 1.807) is 0 Å². The summed E-state index contributed by atoms with van der Waals surface area (Å²) in [4.78, 5) is 0. The summed E-state index contributed by atoms with van der Waals surface area (Å²) >= 11 is 0. The zero-order chi connectivity index (χ0) is 11.9. The Balaban J connectivity index is 4.54. The minimum Gasteiger partial charge on any atom is -0.212 e. The van der Waals surface area contributed by atoms with Gasteiger partial charge in [-0.2, -0.15) is 5.26 Å². The number of nitriles is 1. The molecule has 0 saturated heterocycles. The predicted molar refractivity (Wildman–Crippen MR) is 60.7 cm³/mol. The Hall–Kier alpha value is -0.600. The van der Waals surface area contributed by atoms with E-state index in [0.717, 1.165) is 0 Å². The number of hydrogen-bond acceptors (Lipinski definition) is 3.